The number of halogens is 1. The van der Waals surface area contributed by atoms with E-state index in [0.29, 0.717) is 0 Å². The zero-order chi connectivity index (χ0) is 13.7. The molecule has 0 saturated heterocycles. The molecule has 1 rings (SSSR count). The van der Waals surface area contributed by atoms with Gasteiger partial charge in [0.25, 0.3) is 11.6 Å². The van der Waals surface area contributed by atoms with Crippen molar-refractivity contribution in [1.82, 2.24) is 5.32 Å². The van der Waals surface area contributed by atoms with Crippen molar-refractivity contribution in [3.05, 3.63) is 38.9 Å². The summed E-state index contributed by atoms with van der Waals surface area (Å²) in [6.07, 6.45) is -0.221. The quantitative estimate of drug-likeness (QED) is 0.623. The second kappa shape index (κ2) is 5.97. The van der Waals surface area contributed by atoms with Gasteiger partial charge < -0.3 is 10.4 Å². The topological polar surface area (TPSA) is 110 Å². The summed E-state index contributed by atoms with van der Waals surface area (Å²) >= 11 is 5.59. The Morgan fingerprint density at radius 2 is 2.11 bits per heavy atom. The molecule has 0 aliphatic carbocycles. The number of carbonyl (C=O) groups excluding carboxylic acids is 1. The van der Waals surface area contributed by atoms with Gasteiger partial charge in [-0.2, -0.15) is 0 Å². The van der Waals surface area contributed by atoms with Crippen molar-refractivity contribution in [3.8, 4) is 0 Å². The second-order valence-electron chi connectivity index (χ2n) is 3.32. The predicted octanol–water partition coefficient (Wildman–Crippen LogP) is 1.45. The molecule has 0 aliphatic rings. The number of hydrogen-bond donors (Lipinski definition) is 2. The summed E-state index contributed by atoms with van der Waals surface area (Å²) in [5.74, 6) is -1.63. The van der Waals surface area contributed by atoms with E-state index in [4.69, 9.17) is 16.7 Å². The van der Waals surface area contributed by atoms with Gasteiger partial charge in [-0.1, -0.05) is 11.6 Å². The monoisotopic (exact) mass is 272 g/mol. The lowest BCUT2D eigenvalue weighted by Gasteiger charge is -2.04. The highest BCUT2D eigenvalue weighted by atomic mass is 35.5. The summed E-state index contributed by atoms with van der Waals surface area (Å²) in [6, 6.07) is 3.61. The average Bonchev–Trinajstić information content (AvgIpc) is 2.28. The molecule has 0 radical (unpaired) electrons. The zero-order valence-electron chi connectivity index (χ0n) is 9.05. The molecule has 1 amide bonds. The van der Waals surface area contributed by atoms with E-state index < -0.39 is 16.8 Å². The Labute approximate surface area is 107 Å². The minimum Gasteiger partial charge on any atom is -0.481 e. The summed E-state index contributed by atoms with van der Waals surface area (Å²) in [6.45, 7) is -0.0510. The number of nitrogens with zero attached hydrogens (tertiary/aromatic N) is 1. The number of carbonyl (C=O) groups is 2. The van der Waals surface area contributed by atoms with E-state index in [1.165, 1.54) is 12.1 Å². The fraction of sp³-hybridized carbons (Fsp3) is 0.200. The van der Waals surface area contributed by atoms with Gasteiger partial charge in [0.05, 0.1) is 11.3 Å². The van der Waals surface area contributed by atoms with Crippen LogP contribution in [0.1, 0.15) is 16.8 Å². The maximum absolute atomic E-state index is 11.5. The maximum Gasteiger partial charge on any atom is 0.305 e. The molecule has 0 atom stereocenters. The number of amides is 1. The lowest BCUT2D eigenvalue weighted by molar-refractivity contribution is -0.384. The Morgan fingerprint density at radius 1 is 1.44 bits per heavy atom. The van der Waals surface area contributed by atoms with Gasteiger partial charge in [-0.25, -0.2) is 0 Å². The Morgan fingerprint density at radius 3 is 2.67 bits per heavy atom. The van der Waals surface area contributed by atoms with Crippen LogP contribution in [0.5, 0.6) is 0 Å². The molecule has 0 unspecified atom stereocenters. The first-order valence-electron chi connectivity index (χ1n) is 4.85. The first-order chi connectivity index (χ1) is 8.41. The molecular weight excluding hydrogens is 264 g/mol. The molecule has 1 aromatic rings. The molecule has 1 aromatic carbocycles. The van der Waals surface area contributed by atoms with Crippen LogP contribution in [0.2, 0.25) is 5.02 Å². The summed E-state index contributed by atoms with van der Waals surface area (Å²) in [7, 11) is 0. The smallest absolute Gasteiger partial charge is 0.305 e. The molecule has 0 saturated carbocycles. The third kappa shape index (κ3) is 3.70. The number of rotatable bonds is 5. The number of aliphatic carboxylic acids is 1. The van der Waals surface area contributed by atoms with Crippen molar-refractivity contribution in [3.63, 3.8) is 0 Å². The molecule has 18 heavy (non-hydrogen) atoms. The summed E-state index contributed by atoms with van der Waals surface area (Å²) in [5, 5.41) is 21.3. The second-order valence-corrected chi connectivity index (χ2v) is 3.73. The van der Waals surface area contributed by atoms with E-state index in [1.807, 2.05) is 0 Å². The molecule has 2 N–H and O–H groups in total. The highest BCUT2D eigenvalue weighted by Crippen LogP contribution is 2.24. The number of hydrogen-bond acceptors (Lipinski definition) is 4. The average molecular weight is 273 g/mol. The van der Waals surface area contributed by atoms with Crippen LogP contribution in [-0.2, 0) is 4.79 Å². The van der Waals surface area contributed by atoms with Crippen LogP contribution in [0.15, 0.2) is 18.2 Å². The van der Waals surface area contributed by atoms with E-state index in [0.717, 1.165) is 6.07 Å². The number of carboxylic acids is 1. The Kier molecular flexibility index (Phi) is 4.61. The third-order valence-corrected chi connectivity index (χ3v) is 2.35. The normalized spacial score (nSPS) is 9.83. The van der Waals surface area contributed by atoms with E-state index in [9.17, 15) is 19.7 Å². The van der Waals surface area contributed by atoms with Crippen LogP contribution >= 0.6 is 11.6 Å². The Balaban J connectivity index is 2.77. The molecule has 8 heteroatoms. The van der Waals surface area contributed by atoms with Crippen LogP contribution < -0.4 is 5.32 Å². The Hall–Kier alpha value is -2.15. The van der Waals surface area contributed by atoms with E-state index in [2.05, 4.69) is 5.32 Å². The van der Waals surface area contributed by atoms with Gasteiger partial charge in [-0.3, -0.25) is 19.7 Å². The van der Waals surface area contributed by atoms with Crippen molar-refractivity contribution >= 4 is 29.2 Å². The minimum atomic E-state index is -1.04. The van der Waals surface area contributed by atoms with Gasteiger partial charge in [0.2, 0.25) is 0 Å². The fourth-order valence-electron chi connectivity index (χ4n) is 1.18. The SMILES string of the molecule is O=C(O)CCNC(=O)c1ccc(Cl)c([N+](=O)[O-])c1. The van der Waals surface area contributed by atoms with Crippen molar-refractivity contribution < 1.29 is 19.6 Å². The van der Waals surface area contributed by atoms with Crippen molar-refractivity contribution in [1.29, 1.82) is 0 Å². The lowest BCUT2D eigenvalue weighted by atomic mass is 10.2. The van der Waals surface area contributed by atoms with Crippen LogP contribution in [0.25, 0.3) is 0 Å². The first kappa shape index (κ1) is 13.9. The summed E-state index contributed by atoms with van der Waals surface area (Å²) in [4.78, 5) is 31.7. The van der Waals surface area contributed by atoms with Crippen LogP contribution in [0.4, 0.5) is 5.69 Å². The number of nitro benzene ring substituents is 1. The van der Waals surface area contributed by atoms with Crippen LogP contribution in [0, 0.1) is 10.1 Å². The van der Waals surface area contributed by atoms with E-state index in [-0.39, 0.29) is 29.2 Å². The molecule has 0 bridgehead atoms. The van der Waals surface area contributed by atoms with Crippen LogP contribution in [-0.4, -0.2) is 28.5 Å². The standard InChI is InChI=1S/C10H9ClN2O5/c11-7-2-1-6(5-8(7)13(17)18)10(16)12-4-3-9(14)15/h1-2,5H,3-4H2,(H,12,16)(H,14,15). The van der Waals surface area contributed by atoms with Crippen molar-refractivity contribution in [2.24, 2.45) is 0 Å². The predicted molar refractivity (Wildman–Crippen MR) is 62.7 cm³/mol. The molecule has 0 aliphatic heterocycles. The van der Waals surface area contributed by atoms with Gasteiger partial charge in [-0.15, -0.1) is 0 Å². The van der Waals surface area contributed by atoms with Crippen LogP contribution in [0.3, 0.4) is 0 Å². The Bertz CT molecular complexity index is 503. The number of nitrogens with one attached hydrogen (secondary N) is 1. The number of nitro groups is 1. The van der Waals surface area contributed by atoms with Crippen molar-refractivity contribution in [2.75, 3.05) is 6.54 Å². The minimum absolute atomic E-state index is 0.0510. The van der Waals surface area contributed by atoms with Gasteiger partial charge >= 0.3 is 5.97 Å². The molecule has 0 fully saturated rings. The highest BCUT2D eigenvalue weighted by molar-refractivity contribution is 6.32. The molecular formula is C10H9ClN2O5. The van der Waals surface area contributed by atoms with Gasteiger partial charge in [0.15, 0.2) is 0 Å². The fourth-order valence-corrected chi connectivity index (χ4v) is 1.37. The highest BCUT2D eigenvalue weighted by Gasteiger charge is 2.16. The molecule has 7 nitrogen and oxygen atoms in total. The third-order valence-electron chi connectivity index (χ3n) is 2.03. The van der Waals surface area contributed by atoms with Gasteiger partial charge in [0.1, 0.15) is 5.02 Å². The summed E-state index contributed by atoms with van der Waals surface area (Å²) in [5.41, 5.74) is -0.320. The zero-order valence-corrected chi connectivity index (χ0v) is 9.81. The van der Waals surface area contributed by atoms with Gasteiger partial charge in [0, 0.05) is 18.2 Å². The van der Waals surface area contributed by atoms with E-state index >= 15 is 0 Å². The molecule has 0 spiro atoms. The lowest BCUT2D eigenvalue weighted by Crippen LogP contribution is -2.26. The summed E-state index contributed by atoms with van der Waals surface area (Å²) < 4.78 is 0. The molecule has 0 heterocycles. The van der Waals surface area contributed by atoms with Gasteiger partial charge in [-0.05, 0) is 12.1 Å². The first-order valence-corrected chi connectivity index (χ1v) is 5.23. The number of carboxylic acid groups (broad SMARTS) is 1. The molecule has 0 aromatic heterocycles. The van der Waals surface area contributed by atoms with Crippen molar-refractivity contribution in [2.45, 2.75) is 6.42 Å². The van der Waals surface area contributed by atoms with E-state index in [1.54, 1.807) is 0 Å². The number of benzene rings is 1. The largest absolute Gasteiger partial charge is 0.481 e. The molecule has 96 valence electrons. The maximum atomic E-state index is 11.5.